The van der Waals surface area contributed by atoms with Gasteiger partial charge in [-0.25, -0.2) is 4.98 Å². The Morgan fingerprint density at radius 2 is 2.54 bits per heavy atom. The third-order valence-electron chi connectivity index (χ3n) is 1.88. The first-order valence-corrected chi connectivity index (χ1v) is 6.47. The number of hydrogen-bond acceptors (Lipinski definition) is 4. The van der Waals surface area contributed by atoms with E-state index in [0.29, 0.717) is 6.04 Å². The Hall–Kier alpha value is -0.0600. The zero-order chi connectivity index (χ0) is 9.52. The van der Waals surface area contributed by atoms with Crippen LogP contribution in [0.25, 0.3) is 0 Å². The minimum absolute atomic E-state index is 0.386. The lowest BCUT2D eigenvalue weighted by atomic mass is 10.1. The molecule has 13 heavy (non-hydrogen) atoms. The second-order valence-electron chi connectivity index (χ2n) is 2.96. The Morgan fingerprint density at radius 1 is 1.69 bits per heavy atom. The molecule has 0 saturated heterocycles. The summed E-state index contributed by atoms with van der Waals surface area (Å²) < 4.78 is 1.17. The van der Waals surface area contributed by atoms with Crippen molar-refractivity contribution in [3.63, 3.8) is 0 Å². The topological polar surface area (TPSA) is 38.9 Å². The van der Waals surface area contributed by atoms with Crippen LogP contribution < -0.4 is 5.73 Å². The van der Waals surface area contributed by atoms with Gasteiger partial charge >= 0.3 is 0 Å². The van der Waals surface area contributed by atoms with Crippen LogP contribution in [0.5, 0.6) is 0 Å². The molecule has 1 rings (SSSR count). The molecule has 1 aromatic heterocycles. The molecule has 1 heterocycles. The number of thiazole rings is 1. The third kappa shape index (κ3) is 4.64. The van der Waals surface area contributed by atoms with Gasteiger partial charge in [0, 0.05) is 23.4 Å². The Labute approximate surface area is 87.9 Å². The SMILES string of the molecule is CCC(N)CCCSc1nccs1. The van der Waals surface area contributed by atoms with Crippen molar-refractivity contribution in [1.29, 1.82) is 0 Å². The molecule has 74 valence electrons. The van der Waals surface area contributed by atoms with E-state index in [4.69, 9.17) is 5.73 Å². The first-order chi connectivity index (χ1) is 6.33. The molecule has 4 heteroatoms. The fourth-order valence-corrected chi connectivity index (χ4v) is 2.66. The standard InChI is InChI=1S/C9H16N2S2/c1-2-8(10)4-3-6-12-9-11-5-7-13-9/h5,7-8H,2-4,6,10H2,1H3. The maximum Gasteiger partial charge on any atom is 0.149 e. The van der Waals surface area contributed by atoms with Gasteiger partial charge in [-0.2, -0.15) is 0 Å². The average molecular weight is 216 g/mol. The minimum Gasteiger partial charge on any atom is -0.328 e. The fourth-order valence-electron chi connectivity index (χ4n) is 0.991. The van der Waals surface area contributed by atoms with E-state index in [1.54, 1.807) is 11.3 Å². The van der Waals surface area contributed by atoms with Crippen LogP contribution in [0, 0.1) is 0 Å². The molecule has 0 spiro atoms. The van der Waals surface area contributed by atoms with Gasteiger partial charge in [-0.15, -0.1) is 11.3 Å². The monoisotopic (exact) mass is 216 g/mol. The summed E-state index contributed by atoms with van der Waals surface area (Å²) in [6.45, 7) is 2.14. The molecule has 0 amide bonds. The maximum absolute atomic E-state index is 5.81. The highest BCUT2D eigenvalue weighted by Crippen LogP contribution is 2.21. The molecule has 0 aliphatic heterocycles. The van der Waals surface area contributed by atoms with Crippen molar-refractivity contribution in [2.75, 3.05) is 5.75 Å². The smallest absolute Gasteiger partial charge is 0.149 e. The van der Waals surface area contributed by atoms with Crippen LogP contribution in [0.15, 0.2) is 15.9 Å². The van der Waals surface area contributed by atoms with E-state index in [9.17, 15) is 0 Å². The number of nitrogens with zero attached hydrogens (tertiary/aromatic N) is 1. The number of rotatable bonds is 6. The van der Waals surface area contributed by atoms with E-state index in [0.717, 1.165) is 18.6 Å². The van der Waals surface area contributed by atoms with Crippen LogP contribution in [0.2, 0.25) is 0 Å². The van der Waals surface area contributed by atoms with E-state index in [2.05, 4.69) is 11.9 Å². The van der Waals surface area contributed by atoms with Crippen LogP contribution >= 0.6 is 23.1 Å². The summed E-state index contributed by atoms with van der Waals surface area (Å²) in [5.41, 5.74) is 5.81. The maximum atomic E-state index is 5.81. The van der Waals surface area contributed by atoms with Gasteiger partial charge in [0.15, 0.2) is 0 Å². The van der Waals surface area contributed by atoms with Crippen molar-refractivity contribution in [2.45, 2.75) is 36.6 Å². The molecule has 1 unspecified atom stereocenters. The normalized spacial score (nSPS) is 13.1. The zero-order valence-electron chi connectivity index (χ0n) is 7.90. The minimum atomic E-state index is 0.386. The molecule has 0 saturated carbocycles. The molecule has 2 nitrogen and oxygen atoms in total. The molecule has 0 bridgehead atoms. The lowest BCUT2D eigenvalue weighted by Gasteiger charge is -2.06. The molecule has 1 atom stereocenters. The first kappa shape index (κ1) is 11.0. The van der Waals surface area contributed by atoms with E-state index in [1.165, 1.54) is 10.8 Å². The highest BCUT2D eigenvalue weighted by atomic mass is 32.2. The molecule has 0 aliphatic carbocycles. The predicted molar refractivity (Wildman–Crippen MR) is 60.3 cm³/mol. The number of thioether (sulfide) groups is 1. The van der Waals surface area contributed by atoms with Crippen molar-refractivity contribution in [1.82, 2.24) is 4.98 Å². The Morgan fingerprint density at radius 3 is 3.15 bits per heavy atom. The van der Waals surface area contributed by atoms with E-state index in [-0.39, 0.29) is 0 Å². The second-order valence-corrected chi connectivity index (χ2v) is 5.19. The Kier molecular flexibility index (Phi) is 5.43. The average Bonchev–Trinajstić information content (AvgIpc) is 2.64. The summed E-state index contributed by atoms with van der Waals surface area (Å²) in [4.78, 5) is 4.20. The van der Waals surface area contributed by atoms with Gasteiger partial charge in [0.2, 0.25) is 0 Å². The summed E-state index contributed by atoms with van der Waals surface area (Å²) in [7, 11) is 0. The lowest BCUT2D eigenvalue weighted by molar-refractivity contribution is 0.589. The van der Waals surface area contributed by atoms with Crippen molar-refractivity contribution < 1.29 is 0 Å². The summed E-state index contributed by atoms with van der Waals surface area (Å²) in [5.74, 6) is 1.14. The van der Waals surface area contributed by atoms with Crippen LogP contribution in [0.3, 0.4) is 0 Å². The van der Waals surface area contributed by atoms with Crippen molar-refractivity contribution >= 4 is 23.1 Å². The van der Waals surface area contributed by atoms with Gasteiger partial charge in [-0.1, -0.05) is 18.7 Å². The summed E-state index contributed by atoms with van der Waals surface area (Å²) >= 11 is 3.54. The number of hydrogen-bond donors (Lipinski definition) is 1. The molecule has 0 aromatic carbocycles. The lowest BCUT2D eigenvalue weighted by Crippen LogP contribution is -2.18. The van der Waals surface area contributed by atoms with Gasteiger partial charge in [-0.3, -0.25) is 0 Å². The van der Waals surface area contributed by atoms with E-state index >= 15 is 0 Å². The molecule has 2 N–H and O–H groups in total. The Balaban J connectivity index is 2.02. The summed E-state index contributed by atoms with van der Waals surface area (Å²) in [5, 5.41) is 2.01. The van der Waals surface area contributed by atoms with Crippen molar-refractivity contribution in [3.05, 3.63) is 11.6 Å². The first-order valence-electron chi connectivity index (χ1n) is 4.60. The Bertz CT molecular complexity index is 211. The van der Waals surface area contributed by atoms with Crippen molar-refractivity contribution in [3.8, 4) is 0 Å². The number of aromatic nitrogens is 1. The zero-order valence-corrected chi connectivity index (χ0v) is 9.53. The quantitative estimate of drug-likeness (QED) is 0.587. The molecular formula is C9H16N2S2. The van der Waals surface area contributed by atoms with Gasteiger partial charge in [0.05, 0.1) is 0 Å². The molecule has 1 aromatic rings. The largest absolute Gasteiger partial charge is 0.328 e. The van der Waals surface area contributed by atoms with Crippen LogP contribution in [0.1, 0.15) is 26.2 Å². The third-order valence-corrected chi connectivity index (χ3v) is 3.93. The van der Waals surface area contributed by atoms with E-state index < -0.39 is 0 Å². The van der Waals surface area contributed by atoms with Crippen LogP contribution in [-0.4, -0.2) is 16.8 Å². The summed E-state index contributed by atoms with van der Waals surface area (Å²) in [6, 6.07) is 0.386. The number of nitrogens with two attached hydrogens (primary N) is 1. The predicted octanol–water partition coefficient (Wildman–Crippen LogP) is 2.75. The van der Waals surface area contributed by atoms with Crippen LogP contribution in [0.4, 0.5) is 0 Å². The fraction of sp³-hybridized carbons (Fsp3) is 0.667. The molecule has 0 fully saturated rings. The van der Waals surface area contributed by atoms with E-state index in [1.807, 2.05) is 23.3 Å². The van der Waals surface area contributed by atoms with Gasteiger partial charge in [-0.05, 0) is 19.3 Å². The summed E-state index contributed by atoms with van der Waals surface area (Å²) in [6.07, 6.45) is 5.26. The molecule has 0 aliphatic rings. The van der Waals surface area contributed by atoms with Crippen LogP contribution in [-0.2, 0) is 0 Å². The highest BCUT2D eigenvalue weighted by molar-refractivity contribution is 8.00. The van der Waals surface area contributed by atoms with Gasteiger partial charge in [0.1, 0.15) is 4.34 Å². The van der Waals surface area contributed by atoms with Crippen molar-refractivity contribution in [2.24, 2.45) is 5.73 Å². The molecular weight excluding hydrogens is 200 g/mol. The molecule has 0 radical (unpaired) electrons. The second kappa shape index (κ2) is 6.40. The highest BCUT2D eigenvalue weighted by Gasteiger charge is 2.00. The van der Waals surface area contributed by atoms with Gasteiger partial charge < -0.3 is 5.73 Å². The van der Waals surface area contributed by atoms with Gasteiger partial charge in [0.25, 0.3) is 0 Å².